The van der Waals surface area contributed by atoms with Gasteiger partial charge in [0.25, 0.3) is 0 Å². The summed E-state index contributed by atoms with van der Waals surface area (Å²) in [5, 5.41) is 7.04. The summed E-state index contributed by atoms with van der Waals surface area (Å²) in [5.74, 6) is 0.715. The Hall–Kier alpha value is -2.34. The number of benzene rings is 1. The number of urea groups is 1. The van der Waals surface area contributed by atoms with Crippen molar-refractivity contribution in [2.45, 2.75) is 40.3 Å². The maximum Gasteiger partial charge on any atom is 0.318 e. The second-order valence-corrected chi connectivity index (χ2v) is 6.52. The summed E-state index contributed by atoms with van der Waals surface area (Å²) in [5.41, 5.74) is 4.03. The molecule has 6 heteroatoms. The van der Waals surface area contributed by atoms with E-state index in [2.05, 4.69) is 28.7 Å². The van der Waals surface area contributed by atoms with Crippen LogP contribution in [0.1, 0.15) is 30.7 Å². The van der Waals surface area contributed by atoms with Crippen molar-refractivity contribution < 1.29 is 14.1 Å². The summed E-state index contributed by atoms with van der Waals surface area (Å²) in [6, 6.07) is 8.04. The Morgan fingerprint density at radius 3 is 2.76 bits per heavy atom. The molecule has 1 aromatic carbocycles. The van der Waals surface area contributed by atoms with Crippen molar-refractivity contribution in [3.05, 3.63) is 41.1 Å². The summed E-state index contributed by atoms with van der Waals surface area (Å²) < 4.78 is 10.6. The van der Waals surface area contributed by atoms with Crippen molar-refractivity contribution in [2.75, 3.05) is 20.3 Å². The Labute approximate surface area is 149 Å². The van der Waals surface area contributed by atoms with Crippen LogP contribution in [0.3, 0.4) is 0 Å². The van der Waals surface area contributed by atoms with Gasteiger partial charge in [0.2, 0.25) is 0 Å². The molecule has 0 aliphatic carbocycles. The lowest BCUT2D eigenvalue weighted by molar-refractivity contribution is 0.144. The van der Waals surface area contributed by atoms with Gasteiger partial charge in [0.05, 0.1) is 13.2 Å². The monoisotopic (exact) mass is 345 g/mol. The molecule has 136 valence electrons. The number of methoxy groups -OCH3 is 1. The van der Waals surface area contributed by atoms with Gasteiger partial charge < -0.3 is 19.5 Å². The van der Waals surface area contributed by atoms with Gasteiger partial charge >= 0.3 is 6.03 Å². The lowest BCUT2D eigenvalue weighted by Gasteiger charge is -2.23. The summed E-state index contributed by atoms with van der Waals surface area (Å²) in [6.07, 6.45) is 0. The molecule has 0 fully saturated rings. The molecule has 0 aliphatic heterocycles. The topological polar surface area (TPSA) is 67.6 Å². The van der Waals surface area contributed by atoms with E-state index in [0.717, 1.165) is 16.7 Å². The normalized spacial score (nSPS) is 11.0. The van der Waals surface area contributed by atoms with Crippen LogP contribution in [0.4, 0.5) is 4.79 Å². The standard InChI is InChI=1S/C19H27N3O3/c1-13(2)20-19(23)22(8-9-24-5)12-16-11-18(25-21-16)17-10-14(3)6-7-15(17)4/h6-7,10-11,13H,8-9,12H2,1-5H3,(H,20,23). The van der Waals surface area contributed by atoms with Crippen molar-refractivity contribution in [1.82, 2.24) is 15.4 Å². The number of aromatic nitrogens is 1. The van der Waals surface area contributed by atoms with Crippen LogP contribution in [0.15, 0.2) is 28.8 Å². The lowest BCUT2D eigenvalue weighted by Crippen LogP contribution is -2.43. The van der Waals surface area contributed by atoms with E-state index in [1.165, 1.54) is 0 Å². The number of ether oxygens (including phenoxy) is 1. The minimum Gasteiger partial charge on any atom is -0.383 e. The molecule has 0 spiro atoms. The number of rotatable bonds is 7. The van der Waals surface area contributed by atoms with Crippen LogP contribution in [0, 0.1) is 13.8 Å². The zero-order valence-electron chi connectivity index (χ0n) is 15.6. The van der Waals surface area contributed by atoms with E-state index < -0.39 is 0 Å². The molecule has 0 radical (unpaired) electrons. The van der Waals surface area contributed by atoms with Crippen LogP contribution < -0.4 is 5.32 Å². The molecule has 2 aromatic rings. The van der Waals surface area contributed by atoms with Crippen molar-refractivity contribution in [1.29, 1.82) is 0 Å². The highest BCUT2D eigenvalue weighted by molar-refractivity contribution is 5.74. The Kier molecular flexibility index (Phi) is 6.58. The molecule has 0 atom stereocenters. The van der Waals surface area contributed by atoms with Gasteiger partial charge in [-0.05, 0) is 39.3 Å². The predicted octanol–water partition coefficient (Wildman–Crippen LogP) is 3.52. The Bertz CT molecular complexity index is 710. The van der Waals surface area contributed by atoms with E-state index in [4.69, 9.17) is 9.26 Å². The molecule has 1 heterocycles. The molecule has 0 bridgehead atoms. The predicted molar refractivity (Wildman–Crippen MR) is 97.4 cm³/mol. The van der Waals surface area contributed by atoms with E-state index in [1.807, 2.05) is 33.8 Å². The highest BCUT2D eigenvalue weighted by Crippen LogP contribution is 2.25. The fraction of sp³-hybridized carbons (Fsp3) is 0.474. The first-order chi connectivity index (χ1) is 11.9. The highest BCUT2D eigenvalue weighted by Gasteiger charge is 2.17. The Balaban J connectivity index is 2.16. The Morgan fingerprint density at radius 2 is 2.08 bits per heavy atom. The number of carbonyl (C=O) groups excluding carboxylic acids is 1. The van der Waals surface area contributed by atoms with Crippen molar-refractivity contribution in [3.8, 4) is 11.3 Å². The molecule has 6 nitrogen and oxygen atoms in total. The van der Waals surface area contributed by atoms with Gasteiger partial charge in [0.15, 0.2) is 5.76 Å². The van der Waals surface area contributed by atoms with Crippen LogP contribution in [0.5, 0.6) is 0 Å². The van der Waals surface area contributed by atoms with Crippen molar-refractivity contribution in [3.63, 3.8) is 0 Å². The average Bonchev–Trinajstić information content (AvgIpc) is 3.01. The van der Waals surface area contributed by atoms with Crippen LogP contribution in [-0.4, -0.2) is 42.4 Å². The number of hydrogen-bond acceptors (Lipinski definition) is 4. The van der Waals surface area contributed by atoms with E-state index in [9.17, 15) is 4.79 Å². The number of hydrogen-bond donors (Lipinski definition) is 1. The second kappa shape index (κ2) is 8.67. The summed E-state index contributed by atoms with van der Waals surface area (Å²) in [4.78, 5) is 14.0. The number of aryl methyl sites for hydroxylation is 2. The minimum atomic E-state index is -0.136. The first-order valence-electron chi connectivity index (χ1n) is 8.48. The molecule has 25 heavy (non-hydrogen) atoms. The molecule has 0 saturated carbocycles. The first-order valence-corrected chi connectivity index (χ1v) is 8.48. The van der Waals surface area contributed by atoms with Crippen LogP contribution in [0.25, 0.3) is 11.3 Å². The van der Waals surface area contributed by atoms with Gasteiger partial charge in [0, 0.05) is 31.3 Å². The second-order valence-electron chi connectivity index (χ2n) is 6.52. The summed E-state index contributed by atoms with van der Waals surface area (Å²) in [7, 11) is 1.62. The van der Waals surface area contributed by atoms with E-state index >= 15 is 0 Å². The third-order valence-electron chi connectivity index (χ3n) is 3.84. The summed E-state index contributed by atoms with van der Waals surface area (Å²) >= 11 is 0. The van der Waals surface area contributed by atoms with Gasteiger partial charge in [-0.2, -0.15) is 0 Å². The minimum absolute atomic E-state index is 0.0698. The van der Waals surface area contributed by atoms with Crippen molar-refractivity contribution >= 4 is 6.03 Å². The molecule has 2 rings (SSSR count). The van der Waals surface area contributed by atoms with E-state index in [-0.39, 0.29) is 12.1 Å². The van der Waals surface area contributed by atoms with Gasteiger partial charge in [-0.1, -0.05) is 22.9 Å². The van der Waals surface area contributed by atoms with Gasteiger partial charge in [-0.15, -0.1) is 0 Å². The van der Waals surface area contributed by atoms with E-state index in [1.54, 1.807) is 12.0 Å². The van der Waals surface area contributed by atoms with Crippen molar-refractivity contribution in [2.24, 2.45) is 0 Å². The molecule has 1 N–H and O–H groups in total. The highest BCUT2D eigenvalue weighted by atomic mass is 16.5. The smallest absolute Gasteiger partial charge is 0.318 e. The SMILES string of the molecule is COCCN(Cc1cc(-c2cc(C)ccc2C)on1)C(=O)NC(C)C. The molecule has 0 unspecified atom stereocenters. The quantitative estimate of drug-likeness (QED) is 0.834. The lowest BCUT2D eigenvalue weighted by atomic mass is 10.0. The molecule has 2 amide bonds. The number of nitrogens with one attached hydrogen (secondary N) is 1. The molecule has 0 saturated heterocycles. The number of nitrogens with zero attached hydrogens (tertiary/aromatic N) is 2. The molecular weight excluding hydrogens is 318 g/mol. The van der Waals surface area contributed by atoms with Crippen LogP contribution in [-0.2, 0) is 11.3 Å². The van der Waals surface area contributed by atoms with Crippen LogP contribution in [0.2, 0.25) is 0 Å². The first kappa shape index (κ1) is 19.0. The zero-order chi connectivity index (χ0) is 18.4. The maximum absolute atomic E-state index is 12.3. The maximum atomic E-state index is 12.3. The fourth-order valence-electron chi connectivity index (χ4n) is 2.50. The third-order valence-corrected chi connectivity index (χ3v) is 3.84. The Morgan fingerprint density at radius 1 is 1.32 bits per heavy atom. The molecule has 0 aliphatic rings. The zero-order valence-corrected chi connectivity index (χ0v) is 15.6. The van der Waals surface area contributed by atoms with Gasteiger partial charge in [-0.3, -0.25) is 0 Å². The number of amides is 2. The van der Waals surface area contributed by atoms with E-state index in [0.29, 0.717) is 31.2 Å². The molecule has 1 aromatic heterocycles. The van der Waals surface area contributed by atoms with Crippen LogP contribution >= 0.6 is 0 Å². The third kappa shape index (κ3) is 5.32. The average molecular weight is 345 g/mol. The van der Waals surface area contributed by atoms with Gasteiger partial charge in [0.1, 0.15) is 5.69 Å². The largest absolute Gasteiger partial charge is 0.383 e. The van der Waals surface area contributed by atoms with Gasteiger partial charge in [-0.25, -0.2) is 4.79 Å². The fourth-order valence-corrected chi connectivity index (χ4v) is 2.50. The molecular formula is C19H27N3O3. The summed E-state index contributed by atoms with van der Waals surface area (Å²) in [6.45, 7) is 9.27. The number of carbonyl (C=O) groups is 1.